The van der Waals surface area contributed by atoms with E-state index in [1.807, 2.05) is 6.07 Å². The molecule has 1 nitrogen and oxygen atoms in total. The average molecular weight is 206 g/mol. The fourth-order valence-corrected chi connectivity index (χ4v) is 1.23. The molecule has 0 fully saturated rings. The zero-order valence-corrected chi connectivity index (χ0v) is 7.22. The molecule has 1 aromatic rings. The number of benzene rings is 1. The molecule has 0 radical (unpaired) electrons. The Morgan fingerprint density at radius 2 is 1.91 bits per heavy atom. The largest absolute Gasteiger partial charge is 0.192 e. The van der Waals surface area contributed by atoms with Crippen LogP contribution in [0.1, 0.15) is 11.1 Å². The maximum Gasteiger partial charge on any atom is 0.0992 e. The number of halogens is 1. The lowest BCUT2D eigenvalue weighted by molar-refractivity contribution is 1.46. The van der Waals surface area contributed by atoms with Gasteiger partial charge in [0.1, 0.15) is 0 Å². The van der Waals surface area contributed by atoms with Gasteiger partial charge in [0.05, 0.1) is 11.6 Å². The Hall–Kier alpha value is -1.25. The van der Waals surface area contributed by atoms with Gasteiger partial charge in [-0.15, -0.1) is 6.42 Å². The summed E-state index contributed by atoms with van der Waals surface area (Å²) in [5.74, 6) is 2.46. The van der Waals surface area contributed by atoms with Crippen LogP contribution in [0, 0.1) is 23.7 Å². The van der Waals surface area contributed by atoms with Crippen LogP contribution in [0.25, 0.3) is 0 Å². The molecule has 0 aliphatic carbocycles. The monoisotopic (exact) mass is 205 g/mol. The second-order valence-electron chi connectivity index (χ2n) is 1.98. The van der Waals surface area contributed by atoms with Crippen molar-refractivity contribution in [3.8, 4) is 18.4 Å². The third kappa shape index (κ3) is 1.83. The minimum absolute atomic E-state index is 0.576. The van der Waals surface area contributed by atoms with E-state index in [2.05, 4.69) is 21.9 Å². The number of nitriles is 1. The van der Waals surface area contributed by atoms with Gasteiger partial charge < -0.3 is 0 Å². The first-order valence-electron chi connectivity index (χ1n) is 2.93. The van der Waals surface area contributed by atoms with Crippen molar-refractivity contribution in [3.05, 3.63) is 33.8 Å². The highest BCUT2D eigenvalue weighted by molar-refractivity contribution is 9.10. The third-order valence-corrected chi connectivity index (χ3v) is 1.65. The Bertz CT molecular complexity index is 323. The van der Waals surface area contributed by atoms with Crippen LogP contribution < -0.4 is 0 Å². The van der Waals surface area contributed by atoms with E-state index in [1.165, 1.54) is 0 Å². The van der Waals surface area contributed by atoms with E-state index in [0.717, 1.165) is 10.0 Å². The lowest BCUT2D eigenvalue weighted by Crippen LogP contribution is -1.78. The van der Waals surface area contributed by atoms with Crippen LogP contribution in [-0.2, 0) is 0 Å². The first kappa shape index (κ1) is 7.85. The van der Waals surface area contributed by atoms with Crippen LogP contribution in [-0.4, -0.2) is 0 Å². The molecular weight excluding hydrogens is 202 g/mol. The molecule has 0 aliphatic rings. The maximum atomic E-state index is 8.54. The van der Waals surface area contributed by atoms with Gasteiger partial charge in [-0.1, -0.05) is 21.9 Å². The molecule has 0 amide bonds. The van der Waals surface area contributed by atoms with Crippen molar-refractivity contribution in [1.29, 1.82) is 5.26 Å². The Morgan fingerprint density at radius 3 is 2.45 bits per heavy atom. The van der Waals surface area contributed by atoms with Crippen molar-refractivity contribution in [1.82, 2.24) is 0 Å². The van der Waals surface area contributed by atoms with Gasteiger partial charge in [0.25, 0.3) is 0 Å². The second-order valence-corrected chi connectivity index (χ2v) is 2.90. The molecule has 11 heavy (non-hydrogen) atoms. The molecule has 0 heterocycles. The summed E-state index contributed by atoms with van der Waals surface area (Å²) in [4.78, 5) is 0. The fraction of sp³-hybridized carbons (Fsp3) is 0. The van der Waals surface area contributed by atoms with Crippen LogP contribution in [0.4, 0.5) is 0 Å². The number of nitrogens with zero attached hydrogens (tertiary/aromatic N) is 1. The van der Waals surface area contributed by atoms with Gasteiger partial charge in [-0.25, -0.2) is 0 Å². The van der Waals surface area contributed by atoms with Gasteiger partial charge in [-0.05, 0) is 18.2 Å². The zero-order chi connectivity index (χ0) is 8.27. The van der Waals surface area contributed by atoms with Gasteiger partial charge >= 0.3 is 0 Å². The van der Waals surface area contributed by atoms with E-state index in [-0.39, 0.29) is 0 Å². The number of hydrogen-bond acceptors (Lipinski definition) is 1. The van der Waals surface area contributed by atoms with E-state index >= 15 is 0 Å². The fourth-order valence-electron chi connectivity index (χ4n) is 0.738. The Morgan fingerprint density at radius 1 is 1.27 bits per heavy atom. The standard InChI is InChI=1S/C9H4BrN/c1-2-7-3-8(6-11)5-9(10)4-7/h1,3-5H. The molecule has 0 N–H and O–H groups in total. The first-order valence-corrected chi connectivity index (χ1v) is 3.73. The predicted molar refractivity (Wildman–Crippen MR) is 46.8 cm³/mol. The molecule has 0 spiro atoms. The summed E-state index contributed by atoms with van der Waals surface area (Å²) in [5.41, 5.74) is 1.29. The minimum Gasteiger partial charge on any atom is -0.192 e. The number of rotatable bonds is 0. The topological polar surface area (TPSA) is 23.8 Å². The van der Waals surface area contributed by atoms with Gasteiger partial charge in [0.2, 0.25) is 0 Å². The summed E-state index contributed by atoms with van der Waals surface area (Å²) in [7, 11) is 0. The summed E-state index contributed by atoms with van der Waals surface area (Å²) in [5, 5.41) is 8.54. The van der Waals surface area contributed by atoms with Crippen molar-refractivity contribution in [2.45, 2.75) is 0 Å². The number of terminal acetylenes is 1. The Labute approximate surface area is 73.8 Å². The van der Waals surface area contributed by atoms with Gasteiger partial charge in [0.15, 0.2) is 0 Å². The highest BCUT2D eigenvalue weighted by Crippen LogP contribution is 2.14. The first-order chi connectivity index (χ1) is 5.26. The molecule has 0 aromatic heterocycles. The van der Waals surface area contributed by atoms with Crippen molar-refractivity contribution < 1.29 is 0 Å². The Kier molecular flexibility index (Phi) is 2.31. The van der Waals surface area contributed by atoms with Gasteiger partial charge in [0, 0.05) is 10.0 Å². The van der Waals surface area contributed by atoms with E-state index in [0.29, 0.717) is 5.56 Å². The quantitative estimate of drug-likeness (QED) is 0.597. The maximum absolute atomic E-state index is 8.54. The van der Waals surface area contributed by atoms with Crippen LogP contribution in [0.3, 0.4) is 0 Å². The molecule has 2 heteroatoms. The van der Waals surface area contributed by atoms with Gasteiger partial charge in [-0.3, -0.25) is 0 Å². The van der Waals surface area contributed by atoms with Crippen LogP contribution in [0.15, 0.2) is 22.7 Å². The van der Waals surface area contributed by atoms with Crippen molar-refractivity contribution in [2.75, 3.05) is 0 Å². The summed E-state index contributed by atoms with van der Waals surface area (Å²) in [6.07, 6.45) is 5.16. The second kappa shape index (κ2) is 3.23. The molecule has 1 rings (SSSR count). The molecule has 0 atom stereocenters. The molecule has 0 saturated carbocycles. The molecule has 1 aromatic carbocycles. The lowest BCUT2D eigenvalue weighted by atomic mass is 10.1. The number of hydrogen-bond donors (Lipinski definition) is 0. The van der Waals surface area contributed by atoms with E-state index in [9.17, 15) is 0 Å². The lowest BCUT2D eigenvalue weighted by Gasteiger charge is -1.93. The van der Waals surface area contributed by atoms with Crippen LogP contribution in [0.2, 0.25) is 0 Å². The van der Waals surface area contributed by atoms with Crippen molar-refractivity contribution >= 4 is 15.9 Å². The predicted octanol–water partition coefficient (Wildman–Crippen LogP) is 2.30. The summed E-state index contributed by atoms with van der Waals surface area (Å²) in [6, 6.07) is 7.20. The molecule has 52 valence electrons. The van der Waals surface area contributed by atoms with Gasteiger partial charge in [-0.2, -0.15) is 5.26 Å². The Balaban J connectivity index is 3.28. The zero-order valence-electron chi connectivity index (χ0n) is 5.63. The molecule has 0 saturated heterocycles. The molecule has 0 aliphatic heterocycles. The smallest absolute Gasteiger partial charge is 0.0992 e. The molecule has 0 bridgehead atoms. The average Bonchev–Trinajstić information content (AvgIpc) is 2.03. The third-order valence-electron chi connectivity index (χ3n) is 1.19. The van der Waals surface area contributed by atoms with E-state index in [4.69, 9.17) is 11.7 Å². The summed E-state index contributed by atoms with van der Waals surface area (Å²) >= 11 is 3.25. The highest BCUT2D eigenvalue weighted by atomic mass is 79.9. The summed E-state index contributed by atoms with van der Waals surface area (Å²) in [6.45, 7) is 0. The normalized spacial score (nSPS) is 8.27. The van der Waals surface area contributed by atoms with Crippen molar-refractivity contribution in [3.63, 3.8) is 0 Å². The summed E-state index contributed by atoms with van der Waals surface area (Å²) < 4.78 is 0.838. The van der Waals surface area contributed by atoms with E-state index < -0.39 is 0 Å². The molecular formula is C9H4BrN. The van der Waals surface area contributed by atoms with E-state index in [1.54, 1.807) is 18.2 Å². The van der Waals surface area contributed by atoms with Crippen LogP contribution in [0.5, 0.6) is 0 Å². The minimum atomic E-state index is 0.576. The highest BCUT2D eigenvalue weighted by Gasteiger charge is 1.94. The SMILES string of the molecule is C#Cc1cc(Br)cc(C#N)c1. The van der Waals surface area contributed by atoms with Crippen LogP contribution >= 0.6 is 15.9 Å². The van der Waals surface area contributed by atoms with Crippen molar-refractivity contribution in [2.24, 2.45) is 0 Å². The molecule has 0 unspecified atom stereocenters.